The van der Waals surface area contributed by atoms with Gasteiger partial charge in [-0.15, -0.1) is 23.5 Å². The molecule has 2 amide bonds. The fourth-order valence-corrected chi connectivity index (χ4v) is 8.87. The molecule has 0 radical (unpaired) electrons. The third-order valence-electron chi connectivity index (χ3n) is 8.56. The summed E-state index contributed by atoms with van der Waals surface area (Å²) in [4.78, 5) is 25.5. The van der Waals surface area contributed by atoms with Crippen LogP contribution in [0.1, 0.15) is 77.0 Å². The van der Waals surface area contributed by atoms with Gasteiger partial charge < -0.3 is 10.6 Å². The van der Waals surface area contributed by atoms with E-state index < -0.39 is 22.7 Å². The second kappa shape index (κ2) is 12.3. The maximum atomic E-state index is 12.8. The number of nitrogens with zero attached hydrogens (tertiary/aromatic N) is 4. The van der Waals surface area contributed by atoms with Crippen LogP contribution in [0.4, 0.5) is 0 Å². The van der Waals surface area contributed by atoms with E-state index in [4.69, 9.17) is 0 Å². The van der Waals surface area contributed by atoms with Gasteiger partial charge in [0.2, 0.25) is 11.8 Å². The van der Waals surface area contributed by atoms with Crippen LogP contribution >= 0.6 is 23.5 Å². The number of nitriles is 4. The fourth-order valence-electron chi connectivity index (χ4n) is 6.64. The molecule has 2 fully saturated rings. The Balaban J connectivity index is 1.38. The van der Waals surface area contributed by atoms with Gasteiger partial charge in [-0.05, 0) is 50.0 Å². The number of amides is 2. The third kappa shape index (κ3) is 5.05. The summed E-state index contributed by atoms with van der Waals surface area (Å²) in [6, 6.07) is 9.01. The molecule has 2 spiro atoms. The summed E-state index contributed by atoms with van der Waals surface area (Å²) >= 11 is 2.93. The molecule has 2 aliphatic carbocycles. The van der Waals surface area contributed by atoms with E-state index in [1.165, 1.54) is 23.5 Å². The van der Waals surface area contributed by atoms with Gasteiger partial charge in [0.25, 0.3) is 0 Å². The highest BCUT2D eigenvalue weighted by atomic mass is 32.2. The van der Waals surface area contributed by atoms with Crippen molar-refractivity contribution in [1.29, 1.82) is 21.0 Å². The number of allylic oxidation sites excluding steroid dienone is 2. The van der Waals surface area contributed by atoms with Crippen LogP contribution in [0, 0.1) is 68.0 Å². The summed E-state index contributed by atoms with van der Waals surface area (Å²) in [6.45, 7) is 0. The average Bonchev–Trinajstić information content (AvgIpc) is 2.92. The van der Waals surface area contributed by atoms with E-state index in [1.807, 2.05) is 0 Å². The smallest absolute Gasteiger partial charge is 0.243 e. The van der Waals surface area contributed by atoms with Crippen LogP contribution in [0.3, 0.4) is 0 Å². The zero-order chi connectivity index (χ0) is 27.2. The van der Waals surface area contributed by atoms with Crippen molar-refractivity contribution >= 4 is 35.3 Å². The highest BCUT2D eigenvalue weighted by Gasteiger charge is 2.52. The summed E-state index contributed by atoms with van der Waals surface area (Å²) in [5.74, 6) is -0.846. The second-order valence-corrected chi connectivity index (χ2v) is 12.8. The maximum absolute atomic E-state index is 12.8. The zero-order valence-corrected chi connectivity index (χ0v) is 23.1. The fraction of sp³-hybridized carbons (Fsp3) is 0.643. The molecule has 4 aliphatic rings. The quantitative estimate of drug-likeness (QED) is 0.414. The van der Waals surface area contributed by atoms with Crippen LogP contribution in [0.2, 0.25) is 0 Å². The molecule has 0 bridgehead atoms. The molecule has 0 saturated heterocycles. The van der Waals surface area contributed by atoms with Crippen molar-refractivity contribution in [3.63, 3.8) is 0 Å². The van der Waals surface area contributed by atoms with E-state index in [0.29, 0.717) is 58.4 Å². The highest BCUT2D eigenvalue weighted by Crippen LogP contribution is 2.53. The van der Waals surface area contributed by atoms with Crippen molar-refractivity contribution in [2.45, 2.75) is 77.0 Å². The molecule has 4 rings (SSSR count). The van der Waals surface area contributed by atoms with E-state index in [0.717, 1.165) is 51.4 Å². The third-order valence-corrected chi connectivity index (χ3v) is 10.7. The van der Waals surface area contributed by atoms with Gasteiger partial charge in [-0.25, -0.2) is 0 Å². The number of rotatable bonds is 7. The first kappa shape index (κ1) is 28.1. The van der Waals surface area contributed by atoms with E-state index in [-0.39, 0.29) is 11.8 Å². The average molecular weight is 549 g/mol. The van der Waals surface area contributed by atoms with Gasteiger partial charge in [0.1, 0.15) is 11.8 Å². The number of unbranched alkanes of at least 4 members (excludes halogenated alkanes) is 1. The van der Waals surface area contributed by atoms with Crippen molar-refractivity contribution in [3.05, 3.63) is 21.2 Å². The van der Waals surface area contributed by atoms with Gasteiger partial charge in [0, 0.05) is 10.8 Å². The summed E-state index contributed by atoms with van der Waals surface area (Å²) in [5, 5.41) is 46.3. The van der Waals surface area contributed by atoms with Gasteiger partial charge in [-0.3, -0.25) is 9.59 Å². The first-order chi connectivity index (χ1) is 18.5. The number of hydrogen-bond donors (Lipinski definition) is 2. The van der Waals surface area contributed by atoms with Gasteiger partial charge in [-0.2, -0.15) is 21.0 Å². The summed E-state index contributed by atoms with van der Waals surface area (Å²) in [5.41, 5.74) is -0.224. The molecule has 0 aromatic heterocycles. The Hall–Kier alpha value is -2.92. The van der Waals surface area contributed by atoms with Crippen LogP contribution < -0.4 is 10.6 Å². The predicted molar refractivity (Wildman–Crippen MR) is 145 cm³/mol. The Morgan fingerprint density at radius 3 is 1.34 bits per heavy atom. The molecule has 2 atom stereocenters. The molecule has 2 N–H and O–H groups in total. The van der Waals surface area contributed by atoms with Crippen molar-refractivity contribution in [2.75, 3.05) is 11.5 Å². The van der Waals surface area contributed by atoms with Crippen LogP contribution in [0.25, 0.3) is 0 Å². The lowest BCUT2D eigenvalue weighted by molar-refractivity contribution is -0.127. The number of carbonyl (C=O) groups excluding carboxylic acids is 2. The molecule has 38 heavy (non-hydrogen) atoms. The van der Waals surface area contributed by atoms with Gasteiger partial charge >= 0.3 is 0 Å². The van der Waals surface area contributed by atoms with Gasteiger partial charge in [-0.1, -0.05) is 38.5 Å². The Bertz CT molecular complexity index is 1110. The van der Waals surface area contributed by atoms with Crippen LogP contribution in [-0.4, -0.2) is 23.3 Å². The van der Waals surface area contributed by atoms with Crippen molar-refractivity contribution < 1.29 is 9.59 Å². The second-order valence-electron chi connectivity index (χ2n) is 10.6. The monoisotopic (exact) mass is 548 g/mol. The van der Waals surface area contributed by atoms with E-state index in [1.54, 1.807) is 0 Å². The van der Waals surface area contributed by atoms with Gasteiger partial charge in [0.05, 0.1) is 45.5 Å². The van der Waals surface area contributed by atoms with Gasteiger partial charge in [0.15, 0.2) is 0 Å². The molecule has 2 aliphatic heterocycles. The molecule has 0 unspecified atom stereocenters. The van der Waals surface area contributed by atoms with Crippen LogP contribution in [-0.2, 0) is 9.59 Å². The molecule has 0 aromatic carbocycles. The van der Waals surface area contributed by atoms with Crippen molar-refractivity contribution in [3.8, 4) is 24.3 Å². The maximum Gasteiger partial charge on any atom is 0.243 e. The minimum absolute atomic E-state index is 0.303. The Morgan fingerprint density at radius 2 is 1.03 bits per heavy atom. The van der Waals surface area contributed by atoms with E-state index in [9.17, 15) is 30.6 Å². The molecule has 198 valence electrons. The summed E-state index contributed by atoms with van der Waals surface area (Å²) < 4.78 is 0. The standard InChI is InChI=1S/C28H32N6O2S2/c29-15-19-23(35)33-25(21(17-31)27(19)9-3-1-4-10-27)37-13-7-8-14-38-26-22(18-32)28(11-5-2-6-12-28)20(16-30)24(36)34-26/h19-20H,1-14H2,(H,33,35)(H,34,36)/t19-,20-/m1/s1. The molecular weight excluding hydrogens is 516 g/mol. The normalized spacial score (nSPS) is 26.1. The number of nitrogens with one attached hydrogen (secondary N) is 2. The summed E-state index contributed by atoms with van der Waals surface area (Å²) in [7, 11) is 0. The number of thioether (sulfide) groups is 2. The minimum atomic E-state index is -0.820. The SMILES string of the molecule is N#CC1=C(SCCCCSC2=C(C#N)C3(CCCCC3)[C@H](C#N)C(=O)N2)NC(=O)[C@@H](C#N)C12CCCCC2. The van der Waals surface area contributed by atoms with E-state index in [2.05, 4.69) is 34.9 Å². The van der Waals surface area contributed by atoms with Crippen molar-refractivity contribution in [2.24, 2.45) is 22.7 Å². The summed E-state index contributed by atoms with van der Waals surface area (Å²) in [6.07, 6.45) is 10.2. The topological polar surface area (TPSA) is 153 Å². The van der Waals surface area contributed by atoms with Crippen LogP contribution in [0.15, 0.2) is 21.2 Å². The number of hydrogen-bond acceptors (Lipinski definition) is 8. The first-order valence-electron chi connectivity index (χ1n) is 13.4. The van der Waals surface area contributed by atoms with Crippen molar-refractivity contribution in [1.82, 2.24) is 10.6 Å². The predicted octanol–water partition coefficient (Wildman–Crippen LogP) is 5.14. The molecule has 8 nitrogen and oxygen atoms in total. The van der Waals surface area contributed by atoms with E-state index >= 15 is 0 Å². The lowest BCUT2D eigenvalue weighted by Gasteiger charge is -2.43. The largest absolute Gasteiger partial charge is 0.319 e. The zero-order valence-electron chi connectivity index (χ0n) is 21.5. The molecule has 2 heterocycles. The minimum Gasteiger partial charge on any atom is -0.319 e. The molecule has 2 saturated carbocycles. The molecular formula is C28H32N6O2S2. The Labute approximate surface area is 232 Å². The molecule has 10 heteroatoms. The highest BCUT2D eigenvalue weighted by molar-refractivity contribution is 8.03. The lowest BCUT2D eigenvalue weighted by atomic mass is 9.61. The Kier molecular flexibility index (Phi) is 9.09. The lowest BCUT2D eigenvalue weighted by Crippen LogP contribution is -2.48. The molecule has 0 aromatic rings. The Morgan fingerprint density at radius 1 is 0.658 bits per heavy atom. The van der Waals surface area contributed by atoms with Crippen LogP contribution in [0.5, 0.6) is 0 Å². The first-order valence-corrected chi connectivity index (χ1v) is 15.4. The number of carbonyl (C=O) groups is 2.